The minimum Gasteiger partial charge on any atom is -0.380 e. The van der Waals surface area contributed by atoms with Crippen molar-refractivity contribution in [3.63, 3.8) is 0 Å². The molecule has 2 heterocycles. The Labute approximate surface area is 131 Å². The molecule has 102 valence electrons. The van der Waals surface area contributed by atoms with Gasteiger partial charge in [-0.05, 0) is 33.4 Å². The van der Waals surface area contributed by atoms with Gasteiger partial charge in [0.1, 0.15) is 5.82 Å². The average molecular weight is 374 g/mol. The van der Waals surface area contributed by atoms with Crippen molar-refractivity contribution in [2.45, 2.75) is 0 Å². The predicted molar refractivity (Wildman–Crippen MR) is 82.3 cm³/mol. The van der Waals surface area contributed by atoms with Gasteiger partial charge in [-0.15, -0.1) is 11.3 Å². The average Bonchev–Trinajstić information content (AvgIpc) is 2.99. The van der Waals surface area contributed by atoms with Gasteiger partial charge in [0, 0.05) is 10.0 Å². The number of halogens is 3. The third kappa shape index (κ3) is 2.13. The van der Waals surface area contributed by atoms with Crippen LogP contribution in [-0.2, 0) is 0 Å². The van der Waals surface area contributed by atoms with Crippen LogP contribution >= 0.6 is 38.9 Å². The fourth-order valence-corrected chi connectivity index (χ4v) is 3.58. The van der Waals surface area contributed by atoms with E-state index in [9.17, 15) is 4.39 Å². The molecule has 0 bridgehead atoms. The highest BCUT2D eigenvalue weighted by Gasteiger charge is 2.23. The second-order valence-corrected chi connectivity index (χ2v) is 6.15. The zero-order valence-corrected chi connectivity index (χ0v) is 13.0. The van der Waals surface area contributed by atoms with Gasteiger partial charge in [0.15, 0.2) is 11.6 Å². The predicted octanol–water partition coefficient (Wildman–Crippen LogP) is 5.21. The maximum absolute atomic E-state index is 14.2. The van der Waals surface area contributed by atoms with Crippen LogP contribution < -0.4 is 5.73 Å². The summed E-state index contributed by atoms with van der Waals surface area (Å²) < 4.78 is 20.3. The Morgan fingerprint density at radius 1 is 1.35 bits per heavy atom. The highest BCUT2D eigenvalue weighted by molar-refractivity contribution is 9.10. The van der Waals surface area contributed by atoms with Crippen molar-refractivity contribution in [3.8, 4) is 21.8 Å². The molecule has 0 amide bonds. The first-order valence-electron chi connectivity index (χ1n) is 5.52. The summed E-state index contributed by atoms with van der Waals surface area (Å²) in [6.07, 6.45) is 0. The van der Waals surface area contributed by atoms with Gasteiger partial charge >= 0.3 is 0 Å². The normalized spacial score (nSPS) is 10.9. The molecule has 0 saturated carbocycles. The van der Waals surface area contributed by atoms with E-state index in [1.807, 2.05) is 11.4 Å². The van der Waals surface area contributed by atoms with Crippen molar-refractivity contribution in [1.82, 2.24) is 5.16 Å². The summed E-state index contributed by atoms with van der Waals surface area (Å²) >= 11 is 10.7. The fraction of sp³-hybridized carbons (Fsp3) is 0. The number of benzene rings is 1. The van der Waals surface area contributed by atoms with Crippen molar-refractivity contribution in [3.05, 3.63) is 45.0 Å². The van der Waals surface area contributed by atoms with E-state index in [0.717, 1.165) is 9.35 Å². The van der Waals surface area contributed by atoms with Gasteiger partial charge in [0.25, 0.3) is 0 Å². The Kier molecular flexibility index (Phi) is 3.54. The van der Waals surface area contributed by atoms with Crippen LogP contribution in [0, 0.1) is 5.82 Å². The van der Waals surface area contributed by atoms with Gasteiger partial charge in [0.2, 0.25) is 0 Å². The molecule has 0 aliphatic heterocycles. The van der Waals surface area contributed by atoms with Gasteiger partial charge < -0.3 is 10.3 Å². The van der Waals surface area contributed by atoms with E-state index in [-0.39, 0.29) is 16.4 Å². The van der Waals surface area contributed by atoms with E-state index < -0.39 is 5.82 Å². The van der Waals surface area contributed by atoms with Gasteiger partial charge in [-0.3, -0.25) is 0 Å². The topological polar surface area (TPSA) is 52.0 Å². The first-order chi connectivity index (χ1) is 9.59. The highest BCUT2D eigenvalue weighted by atomic mass is 79.9. The second-order valence-electron chi connectivity index (χ2n) is 3.97. The standard InChI is InChI=1S/C13H7BrClFN2OS/c14-7-4-5-20-12(7)11-9(13(17)18-19-11)6-2-1-3-8(15)10(6)16/h1-5H,(H2,17,18). The maximum atomic E-state index is 14.2. The number of rotatable bonds is 2. The van der Waals surface area contributed by atoms with E-state index in [4.69, 9.17) is 21.9 Å². The molecule has 0 saturated heterocycles. The van der Waals surface area contributed by atoms with Crippen molar-refractivity contribution in [1.29, 1.82) is 0 Å². The van der Waals surface area contributed by atoms with Gasteiger partial charge in [-0.1, -0.05) is 28.9 Å². The number of nitrogens with two attached hydrogens (primary N) is 1. The summed E-state index contributed by atoms with van der Waals surface area (Å²) in [4.78, 5) is 0.795. The number of hydrogen-bond donors (Lipinski definition) is 1. The molecule has 3 rings (SSSR count). The molecule has 0 spiro atoms. The Bertz CT molecular complexity index is 787. The summed E-state index contributed by atoms with van der Waals surface area (Å²) in [5.74, 6) is 0.00463. The Morgan fingerprint density at radius 3 is 2.85 bits per heavy atom. The lowest BCUT2D eigenvalue weighted by molar-refractivity contribution is 0.436. The molecule has 1 aromatic carbocycles. The maximum Gasteiger partial charge on any atom is 0.188 e. The lowest BCUT2D eigenvalue weighted by Gasteiger charge is -2.04. The number of nitrogens with zero attached hydrogens (tertiary/aromatic N) is 1. The van der Waals surface area contributed by atoms with Crippen LogP contribution in [0.4, 0.5) is 10.2 Å². The molecule has 3 nitrogen and oxygen atoms in total. The largest absolute Gasteiger partial charge is 0.380 e. The Balaban J connectivity index is 2.27. The third-order valence-electron chi connectivity index (χ3n) is 2.76. The van der Waals surface area contributed by atoms with E-state index in [1.165, 1.54) is 17.4 Å². The Hall–Kier alpha value is -1.37. The second kappa shape index (κ2) is 5.20. The van der Waals surface area contributed by atoms with Gasteiger partial charge in [-0.2, -0.15) is 0 Å². The van der Waals surface area contributed by atoms with Crippen LogP contribution in [0.2, 0.25) is 5.02 Å². The lowest BCUT2D eigenvalue weighted by Crippen LogP contribution is -1.92. The van der Waals surface area contributed by atoms with Crippen molar-refractivity contribution < 1.29 is 8.91 Å². The quantitative estimate of drug-likeness (QED) is 0.671. The molecular formula is C13H7BrClFN2OS. The van der Waals surface area contributed by atoms with Crippen LogP contribution in [0.3, 0.4) is 0 Å². The molecule has 0 aliphatic carbocycles. The fourth-order valence-electron chi connectivity index (χ4n) is 1.87. The number of thiophene rings is 1. The molecule has 0 fully saturated rings. The third-order valence-corrected chi connectivity index (χ3v) is 4.89. The molecule has 3 aromatic rings. The van der Waals surface area contributed by atoms with Crippen molar-refractivity contribution in [2.24, 2.45) is 0 Å². The number of anilines is 1. The Morgan fingerprint density at radius 2 is 2.15 bits per heavy atom. The van der Waals surface area contributed by atoms with Crippen molar-refractivity contribution >= 4 is 44.7 Å². The summed E-state index contributed by atoms with van der Waals surface area (Å²) in [6.45, 7) is 0. The van der Waals surface area contributed by atoms with E-state index in [0.29, 0.717) is 11.3 Å². The summed E-state index contributed by atoms with van der Waals surface area (Å²) in [5.41, 5.74) is 6.50. The van der Waals surface area contributed by atoms with Gasteiger partial charge in [0.05, 0.1) is 15.5 Å². The molecule has 0 aliphatic rings. The molecule has 7 heteroatoms. The number of nitrogen functional groups attached to an aromatic ring is 1. The SMILES string of the molecule is Nc1noc(-c2sccc2Br)c1-c1cccc(Cl)c1F. The number of hydrogen-bond acceptors (Lipinski definition) is 4. The van der Waals surface area contributed by atoms with Crippen LogP contribution in [0.25, 0.3) is 21.8 Å². The zero-order valence-electron chi connectivity index (χ0n) is 9.86. The molecule has 20 heavy (non-hydrogen) atoms. The molecule has 2 aromatic heterocycles. The smallest absolute Gasteiger partial charge is 0.188 e. The highest BCUT2D eigenvalue weighted by Crippen LogP contribution is 2.43. The number of aromatic nitrogens is 1. The van der Waals surface area contributed by atoms with Gasteiger partial charge in [-0.25, -0.2) is 4.39 Å². The van der Waals surface area contributed by atoms with Crippen molar-refractivity contribution in [2.75, 3.05) is 5.73 Å². The lowest BCUT2D eigenvalue weighted by atomic mass is 10.0. The molecule has 2 N–H and O–H groups in total. The van der Waals surface area contributed by atoms with Crippen LogP contribution in [0.15, 0.2) is 38.6 Å². The minimum atomic E-state index is -0.544. The molecule has 0 atom stereocenters. The van der Waals surface area contributed by atoms with E-state index in [2.05, 4.69) is 21.1 Å². The van der Waals surface area contributed by atoms with Crippen LogP contribution in [-0.4, -0.2) is 5.16 Å². The first-order valence-corrected chi connectivity index (χ1v) is 7.57. The monoisotopic (exact) mass is 372 g/mol. The van der Waals surface area contributed by atoms with Crippen LogP contribution in [0.5, 0.6) is 0 Å². The summed E-state index contributed by atoms with van der Waals surface area (Å²) in [7, 11) is 0. The molecule has 0 unspecified atom stereocenters. The van der Waals surface area contributed by atoms with E-state index in [1.54, 1.807) is 12.1 Å². The first kappa shape index (κ1) is 13.6. The zero-order chi connectivity index (χ0) is 14.3. The van der Waals surface area contributed by atoms with E-state index >= 15 is 0 Å². The summed E-state index contributed by atoms with van der Waals surface area (Å²) in [6, 6.07) is 6.59. The molecule has 0 radical (unpaired) electrons. The molecular weight excluding hydrogens is 367 g/mol. The van der Waals surface area contributed by atoms with Crippen LogP contribution in [0.1, 0.15) is 0 Å². The minimum absolute atomic E-state index is 0.0271. The summed E-state index contributed by atoms with van der Waals surface area (Å²) in [5, 5.41) is 5.65.